The molecule has 0 N–H and O–H groups in total. The van der Waals surface area contributed by atoms with Gasteiger partial charge in [-0.25, -0.2) is 0 Å². The first-order valence-electron chi connectivity index (χ1n) is 8.66. The lowest BCUT2D eigenvalue weighted by Gasteiger charge is -2.62. The Kier molecular flexibility index (Phi) is 3.23. The number of hydrogen-bond donors (Lipinski definition) is 0. The molecule has 0 spiro atoms. The first-order chi connectivity index (χ1) is 9.34. The van der Waals surface area contributed by atoms with Gasteiger partial charge in [0.15, 0.2) is 0 Å². The van der Waals surface area contributed by atoms with Crippen molar-refractivity contribution in [3.05, 3.63) is 24.8 Å². The van der Waals surface area contributed by atoms with Crippen LogP contribution in [0.4, 0.5) is 0 Å². The third-order valence-electron chi connectivity index (χ3n) is 7.73. The van der Waals surface area contributed by atoms with Gasteiger partial charge in [0, 0.05) is 0 Å². The zero-order chi connectivity index (χ0) is 14.6. The van der Waals surface area contributed by atoms with E-state index >= 15 is 0 Å². The van der Waals surface area contributed by atoms with Crippen molar-refractivity contribution in [2.75, 3.05) is 0 Å². The number of fused-ring (bicyclic) bond motifs is 3. The SMILES string of the molecule is C=C[C@@]1(C)CC[C@]2(C)[C@H](CC[C@]3(C)C(=C)CCC[C@@H]23)C1. The molecule has 3 aliphatic rings. The van der Waals surface area contributed by atoms with E-state index in [4.69, 9.17) is 0 Å². The minimum atomic E-state index is 0.392. The second-order valence-electron chi connectivity index (χ2n) is 8.77. The highest BCUT2D eigenvalue weighted by Gasteiger charge is 2.57. The Bertz CT molecular complexity index is 433. The Morgan fingerprint density at radius 3 is 2.55 bits per heavy atom. The summed E-state index contributed by atoms with van der Waals surface area (Å²) in [7, 11) is 0. The molecule has 3 fully saturated rings. The lowest BCUT2D eigenvalue weighted by Crippen LogP contribution is -2.53. The molecule has 3 aliphatic carbocycles. The fourth-order valence-electron chi connectivity index (χ4n) is 5.99. The quantitative estimate of drug-likeness (QED) is 0.503. The molecule has 0 aromatic carbocycles. The van der Waals surface area contributed by atoms with Gasteiger partial charge in [0.1, 0.15) is 0 Å². The fraction of sp³-hybridized carbons (Fsp3) is 0.800. The predicted molar refractivity (Wildman–Crippen MR) is 87.6 cm³/mol. The van der Waals surface area contributed by atoms with Gasteiger partial charge in [-0.05, 0) is 79.4 Å². The third-order valence-corrected chi connectivity index (χ3v) is 7.73. The topological polar surface area (TPSA) is 0 Å². The number of hydrogen-bond acceptors (Lipinski definition) is 0. The van der Waals surface area contributed by atoms with E-state index in [1.165, 1.54) is 51.4 Å². The largest absolute Gasteiger partial charge is 0.103 e. The van der Waals surface area contributed by atoms with Crippen LogP contribution in [0.2, 0.25) is 0 Å². The summed E-state index contributed by atoms with van der Waals surface area (Å²) in [4.78, 5) is 0. The van der Waals surface area contributed by atoms with Gasteiger partial charge in [-0.3, -0.25) is 0 Å². The van der Waals surface area contributed by atoms with E-state index < -0.39 is 0 Å². The summed E-state index contributed by atoms with van der Waals surface area (Å²) in [5, 5.41) is 0. The maximum Gasteiger partial charge on any atom is -0.00854 e. The second-order valence-corrected chi connectivity index (χ2v) is 8.77. The van der Waals surface area contributed by atoms with Crippen molar-refractivity contribution in [2.45, 2.75) is 72.1 Å². The van der Waals surface area contributed by atoms with E-state index in [0.717, 1.165) is 11.8 Å². The average Bonchev–Trinajstić information content (AvgIpc) is 2.43. The van der Waals surface area contributed by atoms with Crippen LogP contribution in [0.15, 0.2) is 24.8 Å². The molecule has 0 aromatic heterocycles. The highest BCUT2D eigenvalue weighted by atomic mass is 14.6. The molecule has 3 rings (SSSR count). The van der Waals surface area contributed by atoms with Crippen LogP contribution in [0.3, 0.4) is 0 Å². The average molecular weight is 272 g/mol. The molecule has 0 bridgehead atoms. The molecule has 20 heavy (non-hydrogen) atoms. The smallest absolute Gasteiger partial charge is 0.00854 e. The molecule has 0 nitrogen and oxygen atoms in total. The van der Waals surface area contributed by atoms with Crippen LogP contribution in [-0.4, -0.2) is 0 Å². The van der Waals surface area contributed by atoms with Crippen LogP contribution >= 0.6 is 0 Å². The Morgan fingerprint density at radius 2 is 1.85 bits per heavy atom. The number of allylic oxidation sites excluding steroid dienone is 2. The predicted octanol–water partition coefficient (Wildman–Crippen LogP) is 6.14. The molecule has 0 heteroatoms. The zero-order valence-corrected chi connectivity index (χ0v) is 13.8. The summed E-state index contributed by atoms with van der Waals surface area (Å²) in [5.74, 6) is 1.78. The van der Waals surface area contributed by atoms with Gasteiger partial charge in [0.2, 0.25) is 0 Å². The summed E-state index contributed by atoms with van der Waals surface area (Å²) >= 11 is 0. The van der Waals surface area contributed by atoms with Gasteiger partial charge in [-0.15, -0.1) is 6.58 Å². The van der Waals surface area contributed by atoms with Crippen LogP contribution in [0.5, 0.6) is 0 Å². The molecule has 0 heterocycles. The maximum atomic E-state index is 4.47. The Labute approximate surface area is 125 Å². The Balaban J connectivity index is 1.92. The van der Waals surface area contributed by atoms with Gasteiger partial charge in [0.05, 0.1) is 0 Å². The van der Waals surface area contributed by atoms with Crippen molar-refractivity contribution in [1.29, 1.82) is 0 Å². The van der Waals surface area contributed by atoms with Crippen molar-refractivity contribution in [2.24, 2.45) is 28.1 Å². The van der Waals surface area contributed by atoms with Crippen LogP contribution in [0, 0.1) is 28.1 Å². The van der Waals surface area contributed by atoms with E-state index in [0.29, 0.717) is 16.2 Å². The third kappa shape index (κ3) is 1.86. The van der Waals surface area contributed by atoms with Crippen molar-refractivity contribution in [3.8, 4) is 0 Å². The van der Waals surface area contributed by atoms with E-state index in [9.17, 15) is 0 Å². The van der Waals surface area contributed by atoms with Gasteiger partial charge in [0.25, 0.3) is 0 Å². The molecule has 3 saturated carbocycles. The minimum Gasteiger partial charge on any atom is -0.103 e. The Hall–Kier alpha value is -0.520. The van der Waals surface area contributed by atoms with Gasteiger partial charge < -0.3 is 0 Å². The van der Waals surface area contributed by atoms with Crippen LogP contribution in [-0.2, 0) is 0 Å². The molecule has 0 amide bonds. The van der Waals surface area contributed by atoms with Gasteiger partial charge >= 0.3 is 0 Å². The van der Waals surface area contributed by atoms with Crippen LogP contribution in [0.25, 0.3) is 0 Å². The lowest BCUT2D eigenvalue weighted by molar-refractivity contribution is -0.0979. The van der Waals surface area contributed by atoms with Crippen LogP contribution in [0.1, 0.15) is 72.1 Å². The van der Waals surface area contributed by atoms with Crippen molar-refractivity contribution >= 4 is 0 Å². The molecule has 0 unspecified atom stereocenters. The minimum absolute atomic E-state index is 0.392. The van der Waals surface area contributed by atoms with Crippen molar-refractivity contribution in [1.82, 2.24) is 0 Å². The second kappa shape index (κ2) is 4.49. The van der Waals surface area contributed by atoms with Crippen molar-refractivity contribution < 1.29 is 0 Å². The molecule has 112 valence electrons. The summed E-state index contributed by atoms with van der Waals surface area (Å²) in [6.07, 6.45) is 13.2. The van der Waals surface area contributed by atoms with Crippen LogP contribution < -0.4 is 0 Å². The normalized spacial score (nSPS) is 52.0. The first kappa shape index (κ1) is 14.4. The number of rotatable bonds is 1. The van der Waals surface area contributed by atoms with Gasteiger partial charge in [-0.2, -0.15) is 0 Å². The summed E-state index contributed by atoms with van der Waals surface area (Å²) in [6.45, 7) is 16.1. The highest BCUT2D eigenvalue weighted by Crippen LogP contribution is 2.66. The van der Waals surface area contributed by atoms with E-state index in [-0.39, 0.29) is 0 Å². The monoisotopic (exact) mass is 272 g/mol. The van der Waals surface area contributed by atoms with E-state index in [2.05, 4.69) is 40.0 Å². The highest BCUT2D eigenvalue weighted by molar-refractivity contribution is 5.20. The fourth-order valence-corrected chi connectivity index (χ4v) is 5.99. The van der Waals surface area contributed by atoms with Gasteiger partial charge in [-0.1, -0.05) is 39.0 Å². The summed E-state index contributed by atoms with van der Waals surface area (Å²) in [6, 6.07) is 0. The Morgan fingerprint density at radius 1 is 1.10 bits per heavy atom. The molecule has 0 saturated heterocycles. The molecular formula is C20H32. The van der Waals surface area contributed by atoms with E-state index in [1.807, 2.05) is 0 Å². The molecule has 0 radical (unpaired) electrons. The molecular weight excluding hydrogens is 240 g/mol. The maximum absolute atomic E-state index is 4.47. The standard InChI is InChI=1S/C20H32/c1-6-18(3)12-13-20(5)16(14-18)10-11-19(4)15(2)8-7-9-17(19)20/h6,16-17H,1-2,7-14H2,3-5H3/t16-,17-,18+,19-,20-/m1/s1. The summed E-state index contributed by atoms with van der Waals surface area (Å²) in [5.41, 5.74) is 2.94. The van der Waals surface area contributed by atoms with E-state index in [1.54, 1.807) is 5.57 Å². The zero-order valence-electron chi connectivity index (χ0n) is 13.8. The molecule has 0 aliphatic heterocycles. The molecule has 0 aromatic rings. The lowest BCUT2D eigenvalue weighted by atomic mass is 9.42. The van der Waals surface area contributed by atoms with Crippen molar-refractivity contribution in [3.63, 3.8) is 0 Å². The first-order valence-corrected chi connectivity index (χ1v) is 8.66. The molecule has 5 atom stereocenters. The summed E-state index contributed by atoms with van der Waals surface area (Å²) < 4.78 is 0.